The van der Waals surface area contributed by atoms with E-state index in [1.165, 1.54) is 23.1 Å². The van der Waals surface area contributed by atoms with Gasteiger partial charge < -0.3 is 14.8 Å². The second kappa shape index (κ2) is 12.6. The van der Waals surface area contributed by atoms with Crippen molar-refractivity contribution in [2.45, 2.75) is 63.9 Å². The summed E-state index contributed by atoms with van der Waals surface area (Å²) in [5.41, 5.74) is 1.52. The Bertz CT molecular complexity index is 1270. The Balaban J connectivity index is 1.42. The number of thiophene rings is 1. The molecular formula is C26H29ClN4O4S2. The number of halogens is 1. The van der Waals surface area contributed by atoms with Gasteiger partial charge in [-0.25, -0.2) is 4.79 Å². The summed E-state index contributed by atoms with van der Waals surface area (Å²) in [6.45, 7) is 8.13. The summed E-state index contributed by atoms with van der Waals surface area (Å²) < 4.78 is 13.1. The molecule has 0 radical (unpaired) electrons. The molecule has 4 rings (SSSR count). The molecule has 1 amide bonds. The van der Waals surface area contributed by atoms with Gasteiger partial charge in [-0.2, -0.15) is 0 Å². The number of hydrogen-bond acceptors (Lipinski definition) is 8. The molecule has 0 aliphatic heterocycles. The van der Waals surface area contributed by atoms with Crippen molar-refractivity contribution in [2.24, 2.45) is 0 Å². The molecule has 0 saturated carbocycles. The first-order valence-corrected chi connectivity index (χ1v) is 14.2. The lowest BCUT2D eigenvalue weighted by molar-refractivity contribution is -0.113. The highest BCUT2D eigenvalue weighted by atomic mass is 35.5. The van der Waals surface area contributed by atoms with Crippen LogP contribution in [0.3, 0.4) is 0 Å². The Hall–Kier alpha value is -2.82. The highest BCUT2D eigenvalue weighted by Gasteiger charge is 2.28. The monoisotopic (exact) mass is 560 g/mol. The van der Waals surface area contributed by atoms with Crippen LogP contribution in [-0.4, -0.2) is 38.5 Å². The maximum Gasteiger partial charge on any atom is 0.341 e. The van der Waals surface area contributed by atoms with Gasteiger partial charge in [0.2, 0.25) is 5.91 Å². The van der Waals surface area contributed by atoms with Crippen molar-refractivity contribution < 1.29 is 19.1 Å². The van der Waals surface area contributed by atoms with Gasteiger partial charge >= 0.3 is 5.97 Å². The van der Waals surface area contributed by atoms with Crippen LogP contribution in [-0.2, 0) is 35.5 Å². The first-order valence-electron chi connectivity index (χ1n) is 12.0. The van der Waals surface area contributed by atoms with Crippen molar-refractivity contribution in [1.29, 1.82) is 0 Å². The second-order valence-corrected chi connectivity index (χ2v) is 11.2. The molecule has 11 heteroatoms. The highest BCUT2D eigenvalue weighted by Crippen LogP contribution is 2.39. The summed E-state index contributed by atoms with van der Waals surface area (Å²) in [6, 6.07) is 7.07. The zero-order valence-corrected chi connectivity index (χ0v) is 23.2. The summed E-state index contributed by atoms with van der Waals surface area (Å²) in [6.07, 6.45) is 5.35. The van der Waals surface area contributed by atoms with Crippen LogP contribution in [0.4, 0.5) is 5.00 Å². The minimum atomic E-state index is -0.381. The van der Waals surface area contributed by atoms with Gasteiger partial charge in [-0.3, -0.25) is 9.36 Å². The predicted octanol–water partition coefficient (Wildman–Crippen LogP) is 5.93. The number of thioether (sulfide) groups is 1. The normalized spacial score (nSPS) is 12.8. The number of allylic oxidation sites excluding steroid dienone is 1. The number of aromatic nitrogens is 3. The standard InChI is InChI=1S/C26H29ClN4O4S2/c1-4-13-31-21(14-34-18-11-9-17(27)10-12-18)29-30-26(31)36-15-22(32)28-24-23(25(33)35-16(2)3)19-7-5-6-8-20(19)37-24/h4,9-12,16H,1,5-8,13-15H2,2-3H3,(H,28,32). The molecule has 1 aliphatic carbocycles. The third kappa shape index (κ3) is 6.94. The molecule has 2 heterocycles. The molecule has 0 unspecified atom stereocenters. The number of hydrogen-bond donors (Lipinski definition) is 1. The average molecular weight is 561 g/mol. The molecule has 8 nitrogen and oxygen atoms in total. The molecule has 0 fully saturated rings. The van der Waals surface area contributed by atoms with E-state index in [1.807, 2.05) is 18.4 Å². The minimum Gasteiger partial charge on any atom is -0.486 e. The molecule has 1 aromatic carbocycles. The number of aryl methyl sites for hydroxylation is 1. The Labute approximate surface area is 229 Å². The van der Waals surface area contributed by atoms with Crippen molar-refractivity contribution in [2.75, 3.05) is 11.1 Å². The Morgan fingerprint density at radius 3 is 2.73 bits per heavy atom. The largest absolute Gasteiger partial charge is 0.486 e. The van der Waals surface area contributed by atoms with E-state index in [0.29, 0.717) is 38.9 Å². The lowest BCUT2D eigenvalue weighted by Gasteiger charge is -2.14. The van der Waals surface area contributed by atoms with E-state index in [4.69, 9.17) is 21.1 Å². The molecule has 2 aromatic heterocycles. The van der Waals surface area contributed by atoms with E-state index in [1.54, 1.807) is 30.3 Å². The molecule has 1 N–H and O–H groups in total. The zero-order valence-electron chi connectivity index (χ0n) is 20.8. The van der Waals surface area contributed by atoms with Crippen LogP contribution in [0.5, 0.6) is 5.75 Å². The maximum atomic E-state index is 12.9. The van der Waals surface area contributed by atoms with Crippen LogP contribution in [0.2, 0.25) is 5.02 Å². The number of rotatable bonds is 11. The van der Waals surface area contributed by atoms with E-state index < -0.39 is 0 Å². The number of fused-ring (bicyclic) bond motifs is 1. The summed E-state index contributed by atoms with van der Waals surface area (Å²) in [7, 11) is 0. The summed E-state index contributed by atoms with van der Waals surface area (Å²) in [4.78, 5) is 26.9. The third-order valence-electron chi connectivity index (χ3n) is 5.59. The molecule has 3 aromatic rings. The summed E-state index contributed by atoms with van der Waals surface area (Å²) >= 11 is 8.67. The predicted molar refractivity (Wildman–Crippen MR) is 147 cm³/mol. The number of anilines is 1. The zero-order chi connectivity index (χ0) is 26.4. The fourth-order valence-electron chi connectivity index (χ4n) is 3.96. The molecular weight excluding hydrogens is 532 g/mol. The molecule has 37 heavy (non-hydrogen) atoms. The minimum absolute atomic E-state index is 0.106. The van der Waals surface area contributed by atoms with Crippen LogP contribution in [0.15, 0.2) is 42.1 Å². The Morgan fingerprint density at radius 2 is 2.00 bits per heavy atom. The number of nitrogens with one attached hydrogen (secondary N) is 1. The third-order valence-corrected chi connectivity index (χ3v) is 8.02. The van der Waals surface area contributed by atoms with E-state index in [-0.39, 0.29) is 30.3 Å². The maximum absolute atomic E-state index is 12.9. The van der Waals surface area contributed by atoms with Gasteiger partial charge in [0.05, 0.1) is 17.4 Å². The van der Waals surface area contributed by atoms with E-state index in [9.17, 15) is 9.59 Å². The number of esters is 1. The van der Waals surface area contributed by atoms with E-state index >= 15 is 0 Å². The lowest BCUT2D eigenvalue weighted by Crippen LogP contribution is -2.19. The van der Waals surface area contributed by atoms with Gasteiger partial charge in [0.15, 0.2) is 11.0 Å². The van der Waals surface area contributed by atoms with Gasteiger partial charge in [0.25, 0.3) is 0 Å². The topological polar surface area (TPSA) is 95.3 Å². The first-order chi connectivity index (χ1) is 17.9. The van der Waals surface area contributed by atoms with E-state index in [0.717, 1.165) is 36.1 Å². The Morgan fingerprint density at radius 1 is 1.24 bits per heavy atom. The number of ether oxygens (including phenoxy) is 2. The number of carbonyl (C=O) groups excluding carboxylic acids is 2. The number of carbonyl (C=O) groups is 2. The van der Waals surface area contributed by atoms with Crippen LogP contribution < -0.4 is 10.1 Å². The SMILES string of the molecule is C=CCn1c(COc2ccc(Cl)cc2)nnc1SCC(=O)Nc1sc2c(c1C(=O)OC(C)C)CCCC2. The summed E-state index contributed by atoms with van der Waals surface area (Å²) in [5, 5.41) is 13.2. The van der Waals surface area contributed by atoms with Crippen molar-refractivity contribution in [1.82, 2.24) is 14.8 Å². The first kappa shape index (κ1) is 27.2. The fraction of sp³-hybridized carbons (Fsp3) is 0.385. The molecule has 196 valence electrons. The summed E-state index contributed by atoms with van der Waals surface area (Å²) in [5.74, 6) is 0.774. The molecule has 0 atom stereocenters. The van der Waals surface area contributed by atoms with Crippen LogP contribution in [0.1, 0.15) is 53.3 Å². The van der Waals surface area contributed by atoms with Crippen LogP contribution >= 0.6 is 34.7 Å². The highest BCUT2D eigenvalue weighted by molar-refractivity contribution is 7.99. The molecule has 1 aliphatic rings. The second-order valence-electron chi connectivity index (χ2n) is 8.75. The number of benzene rings is 1. The number of amides is 1. The van der Waals surface area contributed by atoms with Crippen molar-refractivity contribution in [3.63, 3.8) is 0 Å². The van der Waals surface area contributed by atoms with Crippen molar-refractivity contribution >= 4 is 51.6 Å². The van der Waals surface area contributed by atoms with Gasteiger partial charge in [-0.05, 0) is 69.4 Å². The molecule has 0 saturated heterocycles. The van der Waals surface area contributed by atoms with Crippen molar-refractivity contribution in [3.05, 3.63) is 63.8 Å². The quantitative estimate of drug-likeness (QED) is 0.176. The smallest absolute Gasteiger partial charge is 0.341 e. The van der Waals surface area contributed by atoms with Crippen molar-refractivity contribution in [3.8, 4) is 5.75 Å². The van der Waals surface area contributed by atoms with Gasteiger partial charge in [-0.1, -0.05) is 29.4 Å². The molecule has 0 bridgehead atoms. The lowest BCUT2D eigenvalue weighted by atomic mass is 9.95. The van der Waals surface area contributed by atoms with Gasteiger partial charge in [0.1, 0.15) is 17.4 Å². The average Bonchev–Trinajstić information content (AvgIpc) is 3.42. The fourth-order valence-corrected chi connectivity index (χ4v) is 6.15. The van der Waals surface area contributed by atoms with Crippen LogP contribution in [0.25, 0.3) is 0 Å². The Kier molecular flexibility index (Phi) is 9.28. The van der Waals surface area contributed by atoms with E-state index in [2.05, 4.69) is 22.1 Å². The number of nitrogens with zero attached hydrogens (tertiary/aromatic N) is 3. The van der Waals surface area contributed by atoms with Crippen LogP contribution in [0, 0.1) is 0 Å². The molecule has 0 spiro atoms. The van der Waals surface area contributed by atoms with Gasteiger partial charge in [-0.15, -0.1) is 28.1 Å². The van der Waals surface area contributed by atoms with Gasteiger partial charge in [0, 0.05) is 16.4 Å².